The van der Waals surface area contributed by atoms with Crippen molar-refractivity contribution in [3.05, 3.63) is 0 Å². The molecule has 1 aliphatic heterocycles. The van der Waals surface area contributed by atoms with Crippen LogP contribution in [0.1, 0.15) is 25.7 Å². The van der Waals surface area contributed by atoms with E-state index in [9.17, 15) is 14.7 Å². The molecule has 6 heteroatoms. The summed E-state index contributed by atoms with van der Waals surface area (Å²) in [4.78, 5) is 26.3. The van der Waals surface area contributed by atoms with E-state index in [0.717, 1.165) is 45.2 Å². The van der Waals surface area contributed by atoms with Crippen molar-refractivity contribution in [3.8, 4) is 0 Å². The third-order valence-corrected chi connectivity index (χ3v) is 3.98. The molecule has 0 aromatic carbocycles. The molecule has 19 heavy (non-hydrogen) atoms. The van der Waals surface area contributed by atoms with Crippen molar-refractivity contribution >= 4 is 12.3 Å². The normalized spacial score (nSPS) is 29.0. The van der Waals surface area contributed by atoms with Gasteiger partial charge in [0.25, 0.3) is 0 Å². The van der Waals surface area contributed by atoms with Gasteiger partial charge in [0.2, 0.25) is 12.3 Å². The minimum atomic E-state index is -0.190. The summed E-state index contributed by atoms with van der Waals surface area (Å²) in [5.74, 6) is 0.0564. The largest absolute Gasteiger partial charge is 0.393 e. The van der Waals surface area contributed by atoms with Crippen LogP contribution >= 0.6 is 0 Å². The van der Waals surface area contributed by atoms with E-state index in [1.807, 2.05) is 0 Å². The number of hydrogen-bond acceptors (Lipinski definition) is 4. The van der Waals surface area contributed by atoms with E-state index in [4.69, 9.17) is 0 Å². The molecular weight excluding hydrogens is 246 g/mol. The second-order valence-electron chi connectivity index (χ2n) is 5.49. The van der Waals surface area contributed by atoms with Gasteiger partial charge in [-0.2, -0.15) is 0 Å². The van der Waals surface area contributed by atoms with Crippen molar-refractivity contribution in [2.75, 3.05) is 32.7 Å². The molecule has 2 N–H and O–H groups in total. The summed E-state index contributed by atoms with van der Waals surface area (Å²) in [6.45, 7) is 3.33. The summed E-state index contributed by atoms with van der Waals surface area (Å²) in [5.41, 5.74) is 0. The van der Waals surface area contributed by atoms with Gasteiger partial charge < -0.3 is 15.3 Å². The topological polar surface area (TPSA) is 72.9 Å². The molecule has 0 spiro atoms. The highest BCUT2D eigenvalue weighted by Crippen LogP contribution is 2.18. The SMILES string of the molecule is O=CN1CCN(CC(=O)NC2CCC(O)CC2)CC1. The van der Waals surface area contributed by atoms with E-state index in [0.29, 0.717) is 19.6 Å². The molecule has 1 aliphatic carbocycles. The second-order valence-corrected chi connectivity index (χ2v) is 5.49. The average molecular weight is 269 g/mol. The zero-order valence-corrected chi connectivity index (χ0v) is 11.3. The minimum absolute atomic E-state index is 0.0564. The maximum absolute atomic E-state index is 11.9. The fourth-order valence-corrected chi connectivity index (χ4v) is 2.72. The number of amides is 2. The molecule has 1 heterocycles. The number of aliphatic hydroxyl groups excluding tert-OH is 1. The van der Waals surface area contributed by atoms with Crippen LogP contribution in [-0.4, -0.2) is 72.1 Å². The summed E-state index contributed by atoms with van der Waals surface area (Å²) in [6, 6.07) is 0.215. The predicted molar refractivity (Wildman–Crippen MR) is 70.5 cm³/mol. The molecule has 0 radical (unpaired) electrons. The molecule has 6 nitrogen and oxygen atoms in total. The van der Waals surface area contributed by atoms with Gasteiger partial charge in [-0.05, 0) is 25.7 Å². The van der Waals surface area contributed by atoms with Crippen LogP contribution in [0.2, 0.25) is 0 Å². The zero-order valence-electron chi connectivity index (χ0n) is 11.3. The first-order valence-electron chi connectivity index (χ1n) is 7.06. The Morgan fingerprint density at radius 1 is 1.16 bits per heavy atom. The number of aliphatic hydroxyl groups is 1. The number of nitrogens with one attached hydrogen (secondary N) is 1. The summed E-state index contributed by atoms with van der Waals surface area (Å²) < 4.78 is 0. The van der Waals surface area contributed by atoms with Gasteiger partial charge in [0.05, 0.1) is 12.6 Å². The molecule has 2 fully saturated rings. The molecule has 0 aromatic heterocycles. The van der Waals surface area contributed by atoms with E-state index in [1.54, 1.807) is 4.90 Å². The van der Waals surface area contributed by atoms with E-state index < -0.39 is 0 Å². The van der Waals surface area contributed by atoms with E-state index in [2.05, 4.69) is 10.2 Å². The van der Waals surface area contributed by atoms with Crippen molar-refractivity contribution in [1.29, 1.82) is 0 Å². The van der Waals surface area contributed by atoms with Crippen LogP contribution in [0.5, 0.6) is 0 Å². The Bertz CT molecular complexity index is 308. The molecule has 1 saturated carbocycles. The van der Waals surface area contributed by atoms with E-state index in [-0.39, 0.29) is 18.1 Å². The maximum Gasteiger partial charge on any atom is 0.234 e. The highest BCUT2D eigenvalue weighted by atomic mass is 16.3. The molecule has 1 saturated heterocycles. The van der Waals surface area contributed by atoms with Crippen molar-refractivity contribution in [2.24, 2.45) is 0 Å². The third-order valence-electron chi connectivity index (χ3n) is 3.98. The smallest absolute Gasteiger partial charge is 0.234 e. The zero-order chi connectivity index (χ0) is 13.7. The van der Waals surface area contributed by atoms with Crippen LogP contribution < -0.4 is 5.32 Å². The lowest BCUT2D eigenvalue weighted by Gasteiger charge is -2.33. The van der Waals surface area contributed by atoms with Crippen molar-refractivity contribution in [2.45, 2.75) is 37.8 Å². The lowest BCUT2D eigenvalue weighted by atomic mass is 9.93. The maximum atomic E-state index is 11.9. The fourth-order valence-electron chi connectivity index (χ4n) is 2.72. The minimum Gasteiger partial charge on any atom is -0.393 e. The van der Waals surface area contributed by atoms with Crippen LogP contribution in [0.25, 0.3) is 0 Å². The van der Waals surface area contributed by atoms with Gasteiger partial charge in [-0.3, -0.25) is 14.5 Å². The molecule has 0 aromatic rings. The van der Waals surface area contributed by atoms with Crippen molar-refractivity contribution < 1.29 is 14.7 Å². The Morgan fingerprint density at radius 3 is 2.37 bits per heavy atom. The molecular formula is C13H23N3O3. The molecule has 0 bridgehead atoms. The van der Waals surface area contributed by atoms with Crippen LogP contribution in [-0.2, 0) is 9.59 Å². The Labute approximate surface area is 113 Å². The Hall–Kier alpha value is -1.14. The number of carbonyl (C=O) groups excluding carboxylic acids is 2. The van der Waals surface area contributed by atoms with E-state index >= 15 is 0 Å². The Balaban J connectivity index is 1.66. The number of nitrogens with zero attached hydrogens (tertiary/aromatic N) is 2. The lowest BCUT2D eigenvalue weighted by Crippen LogP contribution is -2.50. The van der Waals surface area contributed by atoms with Gasteiger partial charge in [0.15, 0.2) is 0 Å². The molecule has 0 unspecified atom stereocenters. The number of piperazine rings is 1. The van der Waals surface area contributed by atoms with Crippen molar-refractivity contribution in [1.82, 2.24) is 15.1 Å². The first-order valence-corrected chi connectivity index (χ1v) is 7.06. The molecule has 2 rings (SSSR count). The number of carbonyl (C=O) groups is 2. The van der Waals surface area contributed by atoms with Gasteiger partial charge >= 0.3 is 0 Å². The van der Waals surface area contributed by atoms with Crippen LogP contribution in [0, 0.1) is 0 Å². The second kappa shape index (κ2) is 6.86. The lowest BCUT2D eigenvalue weighted by molar-refractivity contribution is -0.124. The van der Waals surface area contributed by atoms with E-state index in [1.165, 1.54) is 0 Å². The molecule has 108 valence electrons. The Kier molecular flexibility index (Phi) is 5.15. The van der Waals surface area contributed by atoms with Gasteiger partial charge in [-0.25, -0.2) is 0 Å². The standard InChI is InChI=1S/C13H23N3O3/c17-10-16-7-5-15(6-8-16)9-13(19)14-11-1-3-12(18)4-2-11/h10-12,18H,1-9H2,(H,14,19). The summed E-state index contributed by atoms with van der Waals surface area (Å²) in [7, 11) is 0. The third kappa shape index (κ3) is 4.47. The van der Waals surface area contributed by atoms with Crippen LogP contribution in [0.4, 0.5) is 0 Å². The summed E-state index contributed by atoms with van der Waals surface area (Å²) in [6.07, 6.45) is 3.97. The summed E-state index contributed by atoms with van der Waals surface area (Å²) >= 11 is 0. The first kappa shape index (κ1) is 14.3. The van der Waals surface area contributed by atoms with Crippen LogP contribution in [0.3, 0.4) is 0 Å². The fraction of sp³-hybridized carbons (Fsp3) is 0.846. The van der Waals surface area contributed by atoms with Gasteiger partial charge in [0, 0.05) is 32.2 Å². The average Bonchev–Trinajstić information content (AvgIpc) is 2.42. The van der Waals surface area contributed by atoms with Gasteiger partial charge in [-0.15, -0.1) is 0 Å². The molecule has 0 atom stereocenters. The summed E-state index contributed by atoms with van der Waals surface area (Å²) in [5, 5.41) is 12.5. The predicted octanol–water partition coefficient (Wildman–Crippen LogP) is -0.820. The monoisotopic (exact) mass is 269 g/mol. The quantitative estimate of drug-likeness (QED) is 0.654. The number of rotatable bonds is 4. The number of hydrogen-bond donors (Lipinski definition) is 2. The Morgan fingerprint density at radius 2 is 1.79 bits per heavy atom. The first-order chi connectivity index (χ1) is 9.17. The molecule has 2 aliphatic rings. The molecule has 2 amide bonds. The van der Waals surface area contributed by atoms with Gasteiger partial charge in [-0.1, -0.05) is 0 Å². The highest BCUT2D eigenvalue weighted by Gasteiger charge is 2.22. The van der Waals surface area contributed by atoms with Gasteiger partial charge in [0.1, 0.15) is 0 Å². The highest BCUT2D eigenvalue weighted by molar-refractivity contribution is 5.78. The van der Waals surface area contributed by atoms with Crippen molar-refractivity contribution in [3.63, 3.8) is 0 Å². The van der Waals surface area contributed by atoms with Crippen LogP contribution in [0.15, 0.2) is 0 Å².